The van der Waals surface area contributed by atoms with Crippen molar-refractivity contribution in [1.29, 1.82) is 0 Å². The molecular weight excluding hydrogens is 148 g/mol. The number of ether oxygens (including phenoxy) is 1. The van der Waals surface area contributed by atoms with Gasteiger partial charge in [0.2, 0.25) is 0 Å². The lowest BCUT2D eigenvalue weighted by molar-refractivity contribution is -0.0957. The Balaban J connectivity index is 2.07. The molecule has 5 unspecified atom stereocenters. The van der Waals surface area contributed by atoms with Crippen LogP contribution in [0.25, 0.3) is 0 Å². The smallest absolute Gasteiger partial charge is 0.155 e. The van der Waals surface area contributed by atoms with Crippen LogP contribution in [0, 0.1) is 5.92 Å². The molecule has 0 bridgehead atoms. The summed E-state index contributed by atoms with van der Waals surface area (Å²) in [4.78, 5) is 0. The highest BCUT2D eigenvalue weighted by atomic mass is 16.6. The van der Waals surface area contributed by atoms with E-state index in [1.54, 1.807) is 0 Å². The van der Waals surface area contributed by atoms with Gasteiger partial charge in [0.25, 0.3) is 0 Å². The maximum atomic E-state index is 9.34. The molecule has 3 N–H and O–H groups in total. The van der Waals surface area contributed by atoms with Crippen molar-refractivity contribution in [1.82, 2.24) is 0 Å². The van der Waals surface area contributed by atoms with E-state index in [1.165, 1.54) is 0 Å². The van der Waals surface area contributed by atoms with E-state index in [-0.39, 0.29) is 12.0 Å². The summed E-state index contributed by atoms with van der Waals surface area (Å²) in [7, 11) is 0. The molecule has 1 aliphatic heterocycles. The molecule has 11 heavy (non-hydrogen) atoms. The van der Waals surface area contributed by atoms with E-state index in [4.69, 9.17) is 9.84 Å². The summed E-state index contributed by atoms with van der Waals surface area (Å²) < 4.78 is 5.06. The molecule has 1 heterocycles. The minimum Gasteiger partial charge on any atom is -0.390 e. The molecule has 0 aromatic carbocycles. The lowest BCUT2D eigenvalue weighted by Crippen LogP contribution is -2.25. The highest BCUT2D eigenvalue weighted by Crippen LogP contribution is 2.38. The van der Waals surface area contributed by atoms with Crippen LogP contribution >= 0.6 is 0 Å². The molecule has 2 fully saturated rings. The highest BCUT2D eigenvalue weighted by Gasteiger charge is 2.48. The van der Waals surface area contributed by atoms with Crippen molar-refractivity contribution in [3.05, 3.63) is 0 Å². The normalized spacial score (nSPS) is 56.5. The Morgan fingerprint density at radius 2 is 1.82 bits per heavy atom. The zero-order valence-electron chi connectivity index (χ0n) is 6.05. The Bertz CT molecular complexity index is 161. The van der Waals surface area contributed by atoms with Crippen LogP contribution in [0.1, 0.15) is 12.8 Å². The van der Waals surface area contributed by atoms with Gasteiger partial charge in [-0.1, -0.05) is 0 Å². The number of hydrogen-bond donors (Lipinski definition) is 3. The van der Waals surface area contributed by atoms with Gasteiger partial charge in [-0.05, 0) is 0 Å². The molecule has 0 aromatic heterocycles. The summed E-state index contributed by atoms with van der Waals surface area (Å²) in [6, 6.07) is 0. The molecule has 4 nitrogen and oxygen atoms in total. The topological polar surface area (TPSA) is 69.9 Å². The first-order chi connectivity index (χ1) is 5.18. The minimum atomic E-state index is -0.743. The molecule has 4 heteroatoms. The maximum absolute atomic E-state index is 9.34. The molecule has 5 atom stereocenters. The van der Waals surface area contributed by atoms with Gasteiger partial charge in [0, 0.05) is 18.8 Å². The highest BCUT2D eigenvalue weighted by molar-refractivity contribution is 4.95. The molecule has 2 rings (SSSR count). The Morgan fingerprint density at radius 3 is 2.45 bits per heavy atom. The third-order valence-electron chi connectivity index (χ3n) is 2.59. The van der Waals surface area contributed by atoms with E-state index in [1.807, 2.05) is 0 Å². The molecule has 1 saturated carbocycles. The van der Waals surface area contributed by atoms with Gasteiger partial charge in [-0.15, -0.1) is 0 Å². The Kier molecular flexibility index (Phi) is 1.64. The van der Waals surface area contributed by atoms with Crippen LogP contribution in [0.5, 0.6) is 0 Å². The lowest BCUT2D eigenvalue weighted by Gasteiger charge is -2.12. The SMILES string of the molecule is OC1CC2C(CC(O)C2O)O1. The third kappa shape index (κ3) is 1.06. The molecular formula is C7H12O4. The van der Waals surface area contributed by atoms with Crippen LogP contribution in [0.2, 0.25) is 0 Å². The van der Waals surface area contributed by atoms with E-state index in [0.717, 1.165) is 0 Å². The second kappa shape index (κ2) is 2.42. The molecule has 0 amide bonds. The number of rotatable bonds is 0. The quantitative estimate of drug-likeness (QED) is 0.418. The van der Waals surface area contributed by atoms with E-state index < -0.39 is 18.5 Å². The number of aliphatic hydroxyl groups is 3. The van der Waals surface area contributed by atoms with Crippen molar-refractivity contribution < 1.29 is 20.1 Å². The van der Waals surface area contributed by atoms with Crippen LogP contribution in [0.3, 0.4) is 0 Å². The summed E-state index contributed by atoms with van der Waals surface area (Å²) >= 11 is 0. The van der Waals surface area contributed by atoms with Crippen LogP contribution < -0.4 is 0 Å². The summed E-state index contributed by atoms with van der Waals surface area (Å²) in [5.41, 5.74) is 0. The van der Waals surface area contributed by atoms with Crippen molar-refractivity contribution in [3.8, 4) is 0 Å². The number of aliphatic hydroxyl groups excluding tert-OH is 3. The molecule has 1 aliphatic carbocycles. The van der Waals surface area contributed by atoms with Gasteiger partial charge in [-0.3, -0.25) is 0 Å². The second-order valence-corrected chi connectivity index (χ2v) is 3.32. The monoisotopic (exact) mass is 160 g/mol. The van der Waals surface area contributed by atoms with Crippen LogP contribution in [0.15, 0.2) is 0 Å². The fraction of sp³-hybridized carbons (Fsp3) is 1.00. The fourth-order valence-corrected chi connectivity index (χ4v) is 2.00. The van der Waals surface area contributed by atoms with Crippen molar-refractivity contribution in [3.63, 3.8) is 0 Å². The van der Waals surface area contributed by atoms with Gasteiger partial charge in [0.15, 0.2) is 6.29 Å². The Labute approximate surface area is 64.4 Å². The largest absolute Gasteiger partial charge is 0.390 e. The second-order valence-electron chi connectivity index (χ2n) is 3.32. The molecule has 0 spiro atoms. The fourth-order valence-electron chi connectivity index (χ4n) is 2.00. The molecule has 0 radical (unpaired) electrons. The van der Waals surface area contributed by atoms with E-state index >= 15 is 0 Å². The van der Waals surface area contributed by atoms with Crippen molar-refractivity contribution >= 4 is 0 Å². The predicted octanol–water partition coefficient (Wildman–Crippen LogP) is -1.16. The van der Waals surface area contributed by atoms with Gasteiger partial charge in [0.05, 0.1) is 18.3 Å². The molecule has 2 aliphatic rings. The van der Waals surface area contributed by atoms with Crippen molar-refractivity contribution in [2.75, 3.05) is 0 Å². The summed E-state index contributed by atoms with van der Waals surface area (Å²) in [6.07, 6.45) is -1.37. The summed E-state index contributed by atoms with van der Waals surface area (Å²) in [5.74, 6) is -0.0694. The zero-order valence-corrected chi connectivity index (χ0v) is 6.05. The zero-order chi connectivity index (χ0) is 8.01. The number of hydrogen-bond acceptors (Lipinski definition) is 4. The lowest BCUT2D eigenvalue weighted by atomic mass is 10.0. The summed E-state index contributed by atoms with van der Waals surface area (Å²) in [5, 5.41) is 27.5. The van der Waals surface area contributed by atoms with Gasteiger partial charge in [0.1, 0.15) is 0 Å². The van der Waals surface area contributed by atoms with Crippen molar-refractivity contribution in [2.45, 2.75) is 37.4 Å². The summed E-state index contributed by atoms with van der Waals surface area (Å²) in [6.45, 7) is 0. The molecule has 0 aromatic rings. The maximum Gasteiger partial charge on any atom is 0.155 e. The van der Waals surface area contributed by atoms with Crippen molar-refractivity contribution in [2.24, 2.45) is 5.92 Å². The first-order valence-electron chi connectivity index (χ1n) is 3.88. The third-order valence-corrected chi connectivity index (χ3v) is 2.59. The van der Waals surface area contributed by atoms with Gasteiger partial charge < -0.3 is 20.1 Å². The van der Waals surface area contributed by atoms with E-state index in [9.17, 15) is 10.2 Å². The molecule has 64 valence electrons. The first-order valence-corrected chi connectivity index (χ1v) is 3.88. The molecule has 1 saturated heterocycles. The Hall–Kier alpha value is -0.160. The first kappa shape index (κ1) is 7.49. The van der Waals surface area contributed by atoms with Gasteiger partial charge in [-0.2, -0.15) is 0 Å². The predicted molar refractivity (Wildman–Crippen MR) is 35.6 cm³/mol. The number of fused-ring (bicyclic) bond motifs is 1. The Morgan fingerprint density at radius 1 is 1.09 bits per heavy atom. The average molecular weight is 160 g/mol. The van der Waals surface area contributed by atoms with Gasteiger partial charge >= 0.3 is 0 Å². The van der Waals surface area contributed by atoms with Crippen LogP contribution in [-0.4, -0.2) is 39.9 Å². The standard InChI is InChI=1S/C7H12O4/c8-4-2-5-3(7(4)10)1-6(9)11-5/h3-10H,1-2H2. The van der Waals surface area contributed by atoms with Gasteiger partial charge in [-0.25, -0.2) is 0 Å². The van der Waals surface area contributed by atoms with Crippen LogP contribution in [0.4, 0.5) is 0 Å². The van der Waals surface area contributed by atoms with E-state index in [2.05, 4.69) is 0 Å². The average Bonchev–Trinajstić information content (AvgIpc) is 2.37. The van der Waals surface area contributed by atoms with E-state index in [0.29, 0.717) is 12.8 Å². The van der Waals surface area contributed by atoms with Crippen LogP contribution in [-0.2, 0) is 4.74 Å². The minimum absolute atomic E-state index is 0.0694.